The van der Waals surface area contributed by atoms with E-state index in [1.54, 1.807) is 9.58 Å². The molecule has 1 amide bonds. The lowest BCUT2D eigenvalue weighted by Crippen LogP contribution is -2.45. The van der Waals surface area contributed by atoms with E-state index in [2.05, 4.69) is 5.10 Å². The van der Waals surface area contributed by atoms with Crippen LogP contribution in [0.15, 0.2) is 6.07 Å². The minimum atomic E-state index is -0.828. The molecule has 1 saturated carbocycles. The molecule has 2 atom stereocenters. The third kappa shape index (κ3) is 2.85. The summed E-state index contributed by atoms with van der Waals surface area (Å²) in [6.45, 7) is 4.74. The fourth-order valence-electron chi connectivity index (χ4n) is 4.09. The molecule has 7 nitrogen and oxygen atoms in total. The van der Waals surface area contributed by atoms with Crippen molar-refractivity contribution in [2.45, 2.75) is 39.0 Å². The molecule has 1 saturated heterocycles. The molecule has 2 aliphatic rings. The molecule has 138 valence electrons. The Balaban J connectivity index is 1.77. The van der Waals surface area contributed by atoms with E-state index < -0.39 is 11.9 Å². The predicted molar refractivity (Wildman–Crippen MR) is 96.0 cm³/mol. The van der Waals surface area contributed by atoms with Crippen molar-refractivity contribution in [2.75, 3.05) is 13.1 Å². The summed E-state index contributed by atoms with van der Waals surface area (Å²) in [6.07, 6.45) is 2.82. The van der Waals surface area contributed by atoms with Gasteiger partial charge in [0.1, 0.15) is 0 Å². The first kappa shape index (κ1) is 17.0. The molecule has 2 fully saturated rings. The summed E-state index contributed by atoms with van der Waals surface area (Å²) in [5, 5.41) is 14.6. The van der Waals surface area contributed by atoms with Crippen molar-refractivity contribution in [3.05, 3.63) is 23.0 Å². The molecule has 2 aromatic heterocycles. The Morgan fingerprint density at radius 3 is 2.65 bits per heavy atom. The van der Waals surface area contributed by atoms with Gasteiger partial charge in [0, 0.05) is 31.7 Å². The van der Waals surface area contributed by atoms with Crippen LogP contribution in [-0.2, 0) is 11.8 Å². The van der Waals surface area contributed by atoms with E-state index in [4.69, 9.17) is 4.98 Å². The number of nitrogens with zero attached hydrogens (tertiary/aromatic N) is 4. The van der Waals surface area contributed by atoms with Gasteiger partial charge in [-0.15, -0.1) is 0 Å². The molecule has 4 rings (SSSR count). The number of carboxylic acid groups (broad SMARTS) is 1. The summed E-state index contributed by atoms with van der Waals surface area (Å²) < 4.78 is 1.73. The first-order chi connectivity index (χ1) is 12.3. The number of piperidine rings is 1. The van der Waals surface area contributed by atoms with Gasteiger partial charge in [0.25, 0.3) is 5.91 Å². The maximum absolute atomic E-state index is 13.4. The molecule has 2 aromatic rings. The Kier molecular flexibility index (Phi) is 3.97. The van der Waals surface area contributed by atoms with Gasteiger partial charge in [-0.05, 0) is 38.2 Å². The van der Waals surface area contributed by atoms with Crippen LogP contribution < -0.4 is 0 Å². The van der Waals surface area contributed by atoms with Crippen LogP contribution in [-0.4, -0.2) is 49.7 Å². The van der Waals surface area contributed by atoms with Crippen molar-refractivity contribution in [3.8, 4) is 0 Å². The van der Waals surface area contributed by atoms with Crippen molar-refractivity contribution >= 4 is 22.9 Å². The molecule has 0 radical (unpaired) electrons. The monoisotopic (exact) mass is 356 g/mol. The molecule has 26 heavy (non-hydrogen) atoms. The van der Waals surface area contributed by atoms with Crippen LogP contribution in [0, 0.1) is 18.8 Å². The fourth-order valence-corrected chi connectivity index (χ4v) is 4.09. The van der Waals surface area contributed by atoms with Crippen LogP contribution >= 0.6 is 0 Å². The average molecular weight is 356 g/mol. The molecule has 1 aliphatic heterocycles. The smallest absolute Gasteiger partial charge is 0.308 e. The zero-order valence-corrected chi connectivity index (χ0v) is 15.4. The number of aromatic nitrogens is 3. The largest absolute Gasteiger partial charge is 0.481 e. The highest BCUT2D eigenvalue weighted by Crippen LogP contribution is 2.40. The molecule has 0 bridgehead atoms. The van der Waals surface area contributed by atoms with E-state index >= 15 is 0 Å². The lowest BCUT2D eigenvalue weighted by molar-refractivity contribution is -0.143. The van der Waals surface area contributed by atoms with Gasteiger partial charge >= 0.3 is 5.97 Å². The Morgan fingerprint density at radius 1 is 1.27 bits per heavy atom. The second-order valence-corrected chi connectivity index (χ2v) is 7.86. The zero-order chi connectivity index (χ0) is 18.6. The standard InChI is InChI=1S/C19H24N4O3/c1-10-6-13(19(25)26)9-23(8-10)18(24)14-7-15(12-4-5-12)20-17-16(14)11(2)21-22(17)3/h7,10,12-13H,4-6,8-9H2,1-3H3,(H,25,26). The molecular weight excluding hydrogens is 332 g/mol. The number of amides is 1. The highest BCUT2D eigenvalue weighted by Gasteiger charge is 2.34. The second kappa shape index (κ2) is 6.07. The van der Waals surface area contributed by atoms with Crippen LogP contribution in [0.4, 0.5) is 0 Å². The van der Waals surface area contributed by atoms with Crippen molar-refractivity contribution in [1.82, 2.24) is 19.7 Å². The average Bonchev–Trinajstić information content (AvgIpc) is 3.40. The van der Waals surface area contributed by atoms with Gasteiger partial charge in [-0.1, -0.05) is 6.92 Å². The van der Waals surface area contributed by atoms with Gasteiger partial charge in [-0.2, -0.15) is 5.10 Å². The molecule has 7 heteroatoms. The van der Waals surface area contributed by atoms with E-state index in [1.165, 1.54) is 0 Å². The molecule has 1 aliphatic carbocycles. The van der Waals surface area contributed by atoms with Crippen molar-refractivity contribution < 1.29 is 14.7 Å². The summed E-state index contributed by atoms with van der Waals surface area (Å²) in [7, 11) is 1.84. The lowest BCUT2D eigenvalue weighted by atomic mass is 9.90. The molecule has 0 aromatic carbocycles. The number of hydrogen-bond acceptors (Lipinski definition) is 4. The molecule has 2 unspecified atom stereocenters. The predicted octanol–water partition coefficient (Wildman–Crippen LogP) is 2.34. The number of rotatable bonds is 3. The number of carbonyl (C=O) groups is 2. The Hall–Kier alpha value is -2.44. The zero-order valence-electron chi connectivity index (χ0n) is 15.4. The summed E-state index contributed by atoms with van der Waals surface area (Å²) in [5.74, 6) is -0.839. The van der Waals surface area contributed by atoms with E-state index in [0.29, 0.717) is 24.4 Å². The number of aryl methyl sites for hydroxylation is 2. The lowest BCUT2D eigenvalue weighted by Gasteiger charge is -2.34. The van der Waals surface area contributed by atoms with Gasteiger partial charge in [-0.25, -0.2) is 4.98 Å². The SMILES string of the molecule is Cc1nn(C)c2nc(C3CC3)cc(C(=O)N3CC(C)CC(C(=O)O)C3)c12. The molecule has 3 heterocycles. The summed E-state index contributed by atoms with van der Waals surface area (Å²) in [4.78, 5) is 31.3. The van der Waals surface area contributed by atoms with Gasteiger partial charge in [0.15, 0.2) is 5.65 Å². The van der Waals surface area contributed by atoms with Crippen LogP contribution in [0.5, 0.6) is 0 Å². The number of aliphatic carboxylic acids is 1. The number of hydrogen-bond donors (Lipinski definition) is 1. The van der Waals surface area contributed by atoms with E-state index in [-0.39, 0.29) is 18.4 Å². The number of carboxylic acids is 1. The van der Waals surface area contributed by atoms with Crippen molar-refractivity contribution in [3.63, 3.8) is 0 Å². The molecule has 0 spiro atoms. The van der Waals surface area contributed by atoms with E-state index in [9.17, 15) is 14.7 Å². The summed E-state index contributed by atoms with van der Waals surface area (Å²) >= 11 is 0. The summed E-state index contributed by atoms with van der Waals surface area (Å²) in [6, 6.07) is 1.91. The minimum Gasteiger partial charge on any atom is -0.481 e. The Bertz CT molecular complexity index is 900. The maximum atomic E-state index is 13.4. The van der Waals surface area contributed by atoms with Crippen molar-refractivity contribution in [2.24, 2.45) is 18.9 Å². The highest BCUT2D eigenvalue weighted by atomic mass is 16.4. The third-order valence-electron chi connectivity index (χ3n) is 5.51. The minimum absolute atomic E-state index is 0.104. The van der Waals surface area contributed by atoms with E-state index in [0.717, 1.165) is 35.3 Å². The fraction of sp³-hybridized carbons (Fsp3) is 0.579. The number of likely N-dealkylation sites (tertiary alicyclic amines) is 1. The van der Waals surface area contributed by atoms with Gasteiger partial charge < -0.3 is 10.0 Å². The van der Waals surface area contributed by atoms with Gasteiger partial charge in [0.05, 0.1) is 22.6 Å². The first-order valence-corrected chi connectivity index (χ1v) is 9.21. The number of fused-ring (bicyclic) bond motifs is 1. The third-order valence-corrected chi connectivity index (χ3v) is 5.51. The van der Waals surface area contributed by atoms with Crippen LogP contribution in [0.1, 0.15) is 53.8 Å². The van der Waals surface area contributed by atoms with Gasteiger partial charge in [0.2, 0.25) is 0 Å². The number of carbonyl (C=O) groups excluding carboxylic acids is 1. The molecular formula is C19H24N4O3. The topological polar surface area (TPSA) is 88.3 Å². The normalized spacial score (nSPS) is 23.4. The van der Waals surface area contributed by atoms with Crippen molar-refractivity contribution in [1.29, 1.82) is 0 Å². The summed E-state index contributed by atoms with van der Waals surface area (Å²) in [5.41, 5.74) is 3.07. The van der Waals surface area contributed by atoms with Gasteiger partial charge in [-0.3, -0.25) is 14.3 Å². The highest BCUT2D eigenvalue weighted by molar-refractivity contribution is 6.06. The maximum Gasteiger partial charge on any atom is 0.308 e. The quantitative estimate of drug-likeness (QED) is 0.912. The Morgan fingerprint density at radius 2 is 2.00 bits per heavy atom. The first-order valence-electron chi connectivity index (χ1n) is 9.21. The Labute approximate surface area is 152 Å². The second-order valence-electron chi connectivity index (χ2n) is 7.86. The van der Waals surface area contributed by atoms with E-state index in [1.807, 2.05) is 27.0 Å². The molecule has 1 N–H and O–H groups in total. The van der Waals surface area contributed by atoms with Crippen LogP contribution in [0.25, 0.3) is 11.0 Å². The number of pyridine rings is 1. The van der Waals surface area contributed by atoms with Crippen LogP contribution in [0.3, 0.4) is 0 Å². The van der Waals surface area contributed by atoms with Crippen LogP contribution in [0.2, 0.25) is 0 Å².